The molecule has 0 radical (unpaired) electrons. The van der Waals surface area contributed by atoms with Crippen LogP contribution in [0.4, 0.5) is 5.69 Å². The number of anilines is 1. The van der Waals surface area contributed by atoms with Gasteiger partial charge in [0, 0.05) is 36.8 Å². The zero-order valence-corrected chi connectivity index (χ0v) is 13.0. The van der Waals surface area contributed by atoms with Gasteiger partial charge in [-0.3, -0.25) is 4.98 Å². The molecule has 1 aromatic carbocycles. The number of fused-ring (bicyclic) bond motifs is 2. The van der Waals surface area contributed by atoms with Gasteiger partial charge < -0.3 is 15.0 Å². The van der Waals surface area contributed by atoms with Crippen molar-refractivity contribution in [3.63, 3.8) is 0 Å². The van der Waals surface area contributed by atoms with Gasteiger partial charge in [0.05, 0.1) is 18.1 Å². The molecule has 0 spiro atoms. The van der Waals surface area contributed by atoms with E-state index in [1.807, 2.05) is 30.5 Å². The summed E-state index contributed by atoms with van der Waals surface area (Å²) in [6.45, 7) is 3.27. The van der Waals surface area contributed by atoms with Crippen LogP contribution in [0.5, 0.6) is 11.5 Å². The molecule has 22 heavy (non-hydrogen) atoms. The van der Waals surface area contributed by atoms with Crippen LogP contribution in [0.2, 0.25) is 5.02 Å². The number of ether oxygens (including phenoxy) is 1. The van der Waals surface area contributed by atoms with Crippen LogP contribution in [0.25, 0.3) is 0 Å². The van der Waals surface area contributed by atoms with Crippen molar-refractivity contribution in [2.45, 2.75) is 12.5 Å². The summed E-state index contributed by atoms with van der Waals surface area (Å²) < 4.78 is 5.87. The molecule has 114 valence electrons. The molecule has 2 fully saturated rings. The van der Waals surface area contributed by atoms with E-state index in [9.17, 15) is 0 Å². The van der Waals surface area contributed by atoms with Gasteiger partial charge in [-0.25, -0.2) is 0 Å². The quantitative estimate of drug-likeness (QED) is 0.943. The smallest absolute Gasteiger partial charge is 0.147 e. The Balaban J connectivity index is 1.51. The number of piperidine rings is 1. The average Bonchev–Trinajstić information content (AvgIpc) is 2.88. The third-order valence-corrected chi connectivity index (χ3v) is 4.60. The highest BCUT2D eigenvalue weighted by Crippen LogP contribution is 2.30. The molecule has 2 bridgehead atoms. The fraction of sp³-hybridized carbons (Fsp3) is 0.353. The second-order valence-electron chi connectivity index (χ2n) is 6.05. The summed E-state index contributed by atoms with van der Waals surface area (Å²) in [6.07, 6.45) is 4.96. The van der Waals surface area contributed by atoms with Gasteiger partial charge in [0.1, 0.15) is 11.5 Å². The maximum atomic E-state index is 5.89. The zero-order chi connectivity index (χ0) is 14.9. The minimum absolute atomic E-state index is 0.611. The van der Waals surface area contributed by atoms with E-state index >= 15 is 0 Å². The molecule has 2 saturated heterocycles. The van der Waals surface area contributed by atoms with E-state index in [2.05, 4.69) is 21.3 Å². The lowest BCUT2D eigenvalue weighted by molar-refractivity contribution is 0.468. The average molecular weight is 316 g/mol. The third kappa shape index (κ3) is 2.89. The highest BCUT2D eigenvalue weighted by atomic mass is 35.5. The molecule has 0 saturated carbocycles. The molecule has 4 rings (SSSR count). The monoisotopic (exact) mass is 315 g/mol. The van der Waals surface area contributed by atoms with Gasteiger partial charge in [-0.2, -0.15) is 0 Å². The Hall–Kier alpha value is -1.78. The van der Waals surface area contributed by atoms with Crippen molar-refractivity contribution in [1.29, 1.82) is 0 Å². The molecule has 1 N–H and O–H groups in total. The van der Waals surface area contributed by atoms with Gasteiger partial charge in [-0.05, 0) is 36.6 Å². The highest BCUT2D eigenvalue weighted by molar-refractivity contribution is 6.30. The molecule has 0 aliphatic carbocycles. The van der Waals surface area contributed by atoms with Gasteiger partial charge in [-0.1, -0.05) is 11.6 Å². The topological polar surface area (TPSA) is 37.4 Å². The highest BCUT2D eigenvalue weighted by Gasteiger charge is 2.32. The minimum Gasteiger partial charge on any atom is -0.456 e. The van der Waals surface area contributed by atoms with Crippen LogP contribution < -0.4 is 15.0 Å². The molecule has 0 amide bonds. The Bertz CT molecular complexity index is 649. The van der Waals surface area contributed by atoms with Crippen molar-refractivity contribution >= 4 is 17.3 Å². The first-order chi connectivity index (χ1) is 10.8. The van der Waals surface area contributed by atoms with Crippen molar-refractivity contribution in [3.05, 3.63) is 47.7 Å². The van der Waals surface area contributed by atoms with Gasteiger partial charge in [-0.15, -0.1) is 0 Å². The SMILES string of the molecule is Clc1ccc(Oc2cncc(N3CC4CNC(C4)C3)c2)cc1. The number of hydrogen-bond donors (Lipinski definition) is 1. The van der Waals surface area contributed by atoms with Crippen LogP contribution in [0, 0.1) is 5.92 Å². The van der Waals surface area contributed by atoms with Crippen LogP contribution in [-0.4, -0.2) is 30.7 Å². The van der Waals surface area contributed by atoms with Crippen molar-refractivity contribution in [2.24, 2.45) is 5.92 Å². The molecule has 2 aromatic rings. The first-order valence-corrected chi connectivity index (χ1v) is 8.01. The number of aromatic nitrogens is 1. The molecular weight excluding hydrogens is 298 g/mol. The Morgan fingerprint density at radius 1 is 1.14 bits per heavy atom. The van der Waals surface area contributed by atoms with Gasteiger partial charge in [0.15, 0.2) is 0 Å². The van der Waals surface area contributed by atoms with Crippen LogP contribution in [-0.2, 0) is 0 Å². The number of halogens is 1. The Kier molecular flexibility index (Phi) is 3.64. The van der Waals surface area contributed by atoms with E-state index < -0.39 is 0 Å². The van der Waals surface area contributed by atoms with Crippen molar-refractivity contribution in [3.8, 4) is 11.5 Å². The summed E-state index contributed by atoms with van der Waals surface area (Å²) in [7, 11) is 0. The maximum Gasteiger partial charge on any atom is 0.147 e. The largest absolute Gasteiger partial charge is 0.456 e. The Morgan fingerprint density at radius 2 is 2.00 bits per heavy atom. The third-order valence-electron chi connectivity index (χ3n) is 4.35. The Labute approximate surface area is 135 Å². The van der Waals surface area contributed by atoms with E-state index in [1.165, 1.54) is 6.42 Å². The molecule has 2 unspecified atom stereocenters. The van der Waals surface area contributed by atoms with E-state index in [0.717, 1.165) is 42.7 Å². The van der Waals surface area contributed by atoms with Crippen LogP contribution in [0.1, 0.15) is 6.42 Å². The van der Waals surface area contributed by atoms with E-state index in [1.54, 1.807) is 6.20 Å². The first kappa shape index (κ1) is 13.9. The predicted molar refractivity (Wildman–Crippen MR) is 87.9 cm³/mol. The summed E-state index contributed by atoms with van der Waals surface area (Å²) in [5.74, 6) is 2.27. The summed E-state index contributed by atoms with van der Waals surface area (Å²) in [6, 6.07) is 10.0. The van der Waals surface area contributed by atoms with Gasteiger partial charge in [0.2, 0.25) is 0 Å². The van der Waals surface area contributed by atoms with Crippen LogP contribution in [0.3, 0.4) is 0 Å². The summed E-state index contributed by atoms with van der Waals surface area (Å²) in [5.41, 5.74) is 1.13. The molecule has 5 heteroatoms. The fourth-order valence-corrected chi connectivity index (χ4v) is 3.44. The molecule has 4 nitrogen and oxygen atoms in total. The van der Waals surface area contributed by atoms with Crippen molar-refractivity contribution < 1.29 is 4.74 Å². The lowest BCUT2D eigenvalue weighted by Gasteiger charge is -2.32. The maximum absolute atomic E-state index is 5.89. The number of benzene rings is 1. The molecular formula is C17H18ClN3O. The standard InChI is InChI=1S/C17H18ClN3O/c18-13-1-3-16(4-2-13)22-17-6-15(8-19-9-17)21-10-12-5-14(11-21)20-7-12/h1-4,6,8-9,12,14,20H,5,7,10-11H2. The molecule has 2 aliphatic rings. The normalized spacial score (nSPS) is 23.6. The van der Waals surface area contributed by atoms with E-state index in [0.29, 0.717) is 11.1 Å². The number of nitrogens with one attached hydrogen (secondary N) is 1. The second kappa shape index (κ2) is 5.78. The fourth-order valence-electron chi connectivity index (χ4n) is 3.32. The van der Waals surface area contributed by atoms with E-state index in [-0.39, 0.29) is 0 Å². The zero-order valence-electron chi connectivity index (χ0n) is 12.2. The predicted octanol–water partition coefficient (Wildman–Crippen LogP) is 3.33. The lowest BCUT2D eigenvalue weighted by atomic mass is 10.00. The van der Waals surface area contributed by atoms with Crippen LogP contribution >= 0.6 is 11.6 Å². The molecule has 2 aliphatic heterocycles. The summed E-state index contributed by atoms with van der Waals surface area (Å²) in [4.78, 5) is 6.73. The van der Waals surface area contributed by atoms with Crippen molar-refractivity contribution in [1.82, 2.24) is 10.3 Å². The van der Waals surface area contributed by atoms with Gasteiger partial charge >= 0.3 is 0 Å². The van der Waals surface area contributed by atoms with E-state index in [4.69, 9.17) is 16.3 Å². The molecule has 3 heterocycles. The number of rotatable bonds is 3. The van der Waals surface area contributed by atoms with Gasteiger partial charge in [0.25, 0.3) is 0 Å². The summed E-state index contributed by atoms with van der Waals surface area (Å²) >= 11 is 5.89. The van der Waals surface area contributed by atoms with Crippen molar-refractivity contribution in [2.75, 3.05) is 24.5 Å². The van der Waals surface area contributed by atoms with Crippen LogP contribution in [0.15, 0.2) is 42.7 Å². The second-order valence-corrected chi connectivity index (χ2v) is 6.48. The number of hydrogen-bond acceptors (Lipinski definition) is 4. The number of nitrogens with zero attached hydrogens (tertiary/aromatic N) is 2. The molecule has 1 aromatic heterocycles. The first-order valence-electron chi connectivity index (χ1n) is 7.63. The summed E-state index contributed by atoms with van der Waals surface area (Å²) in [5, 5.41) is 4.28. The number of pyridine rings is 1. The lowest BCUT2D eigenvalue weighted by Crippen LogP contribution is -2.41. The Morgan fingerprint density at radius 3 is 2.82 bits per heavy atom. The molecule has 2 atom stereocenters. The minimum atomic E-state index is 0.611.